The van der Waals surface area contributed by atoms with E-state index in [1.165, 1.54) is 7.11 Å². The summed E-state index contributed by atoms with van der Waals surface area (Å²) in [7, 11) is 4.75. The lowest BCUT2D eigenvalue weighted by molar-refractivity contribution is -0.190. The number of allylic oxidation sites excluding steroid dienone is 2. The van der Waals surface area contributed by atoms with E-state index in [-0.39, 0.29) is 23.6 Å². The molecule has 0 radical (unpaired) electrons. The Bertz CT molecular complexity index is 296. The molecule has 104 valence electrons. The summed E-state index contributed by atoms with van der Waals surface area (Å²) in [5.74, 6) is 0.109. The molecule has 0 bridgehead atoms. The van der Waals surface area contributed by atoms with E-state index in [9.17, 15) is 4.79 Å². The van der Waals surface area contributed by atoms with E-state index < -0.39 is 0 Å². The quantitative estimate of drug-likeness (QED) is 0.416. The molecule has 0 amide bonds. The summed E-state index contributed by atoms with van der Waals surface area (Å²) < 4.78 is 15.6. The molecule has 4 heteroatoms. The van der Waals surface area contributed by atoms with E-state index in [0.29, 0.717) is 6.42 Å². The van der Waals surface area contributed by atoms with Crippen LogP contribution in [0.25, 0.3) is 0 Å². The number of esters is 1. The van der Waals surface area contributed by atoms with Crippen LogP contribution in [-0.2, 0) is 19.0 Å². The van der Waals surface area contributed by atoms with Crippen LogP contribution >= 0.6 is 0 Å². The molecular weight excluding hydrogens is 232 g/mol. The van der Waals surface area contributed by atoms with Gasteiger partial charge in [0.15, 0.2) is 6.29 Å². The fourth-order valence-corrected chi connectivity index (χ4v) is 2.79. The summed E-state index contributed by atoms with van der Waals surface area (Å²) in [4.78, 5) is 11.3. The molecule has 0 aromatic heterocycles. The number of carbonyl (C=O) groups is 1. The zero-order chi connectivity index (χ0) is 13.6. The first kappa shape index (κ1) is 15.2. The largest absolute Gasteiger partial charge is 0.469 e. The van der Waals surface area contributed by atoms with Crippen LogP contribution in [-0.4, -0.2) is 33.6 Å². The van der Waals surface area contributed by atoms with Crippen LogP contribution < -0.4 is 0 Å². The van der Waals surface area contributed by atoms with Gasteiger partial charge in [0.05, 0.1) is 7.11 Å². The maximum atomic E-state index is 11.3. The number of methoxy groups -OCH3 is 3. The van der Waals surface area contributed by atoms with Crippen molar-refractivity contribution in [2.45, 2.75) is 38.9 Å². The Kier molecular flexibility index (Phi) is 5.82. The normalized spacial score (nSPS) is 27.5. The van der Waals surface area contributed by atoms with Crippen LogP contribution in [0.1, 0.15) is 32.6 Å². The molecule has 0 saturated heterocycles. The minimum atomic E-state index is -0.245. The summed E-state index contributed by atoms with van der Waals surface area (Å²) in [5, 5.41) is 0. The highest BCUT2D eigenvalue weighted by Crippen LogP contribution is 2.44. The average Bonchev–Trinajstić information content (AvgIpc) is 2.38. The molecular formula is C14H24O4. The summed E-state index contributed by atoms with van der Waals surface area (Å²) in [6.45, 7) is 2.16. The number of hydrogen-bond donors (Lipinski definition) is 0. The molecule has 18 heavy (non-hydrogen) atoms. The van der Waals surface area contributed by atoms with E-state index in [4.69, 9.17) is 14.2 Å². The maximum Gasteiger partial charge on any atom is 0.305 e. The van der Waals surface area contributed by atoms with Crippen molar-refractivity contribution in [3.63, 3.8) is 0 Å². The predicted octanol–water partition coefficient (Wildman–Crippen LogP) is 2.53. The van der Waals surface area contributed by atoms with Gasteiger partial charge in [-0.05, 0) is 25.2 Å². The zero-order valence-corrected chi connectivity index (χ0v) is 11.8. The van der Waals surface area contributed by atoms with Crippen molar-refractivity contribution < 1.29 is 19.0 Å². The molecule has 1 rings (SSSR count). The van der Waals surface area contributed by atoms with Crippen molar-refractivity contribution in [1.29, 1.82) is 0 Å². The predicted molar refractivity (Wildman–Crippen MR) is 69.0 cm³/mol. The molecule has 1 aliphatic rings. The second-order valence-electron chi connectivity index (χ2n) is 5.00. The highest BCUT2D eigenvalue weighted by molar-refractivity contribution is 5.69. The van der Waals surface area contributed by atoms with Gasteiger partial charge in [-0.1, -0.05) is 19.1 Å². The molecule has 0 spiro atoms. The third kappa shape index (κ3) is 3.33. The average molecular weight is 256 g/mol. The van der Waals surface area contributed by atoms with Gasteiger partial charge in [0, 0.05) is 26.1 Å². The first-order valence-electron chi connectivity index (χ1n) is 6.37. The molecule has 0 fully saturated rings. The van der Waals surface area contributed by atoms with Gasteiger partial charge in [-0.15, -0.1) is 0 Å². The smallest absolute Gasteiger partial charge is 0.305 e. The van der Waals surface area contributed by atoms with Crippen LogP contribution in [0, 0.1) is 11.3 Å². The van der Waals surface area contributed by atoms with Gasteiger partial charge < -0.3 is 14.2 Å². The standard InChI is InChI=1S/C14H24O4/c1-14(13(17-3)18-4)10-6-5-7-11(14)8-9-12(15)16-2/h5,7,11,13H,6,8-10H2,1-4H3/t11-,14-/m1/s1. The van der Waals surface area contributed by atoms with Crippen molar-refractivity contribution in [2.75, 3.05) is 21.3 Å². The topological polar surface area (TPSA) is 44.8 Å². The van der Waals surface area contributed by atoms with E-state index in [1.807, 2.05) is 0 Å². The van der Waals surface area contributed by atoms with Gasteiger partial charge >= 0.3 is 5.97 Å². The van der Waals surface area contributed by atoms with Crippen LogP contribution in [0.4, 0.5) is 0 Å². The van der Waals surface area contributed by atoms with Gasteiger partial charge in [0.25, 0.3) is 0 Å². The number of hydrogen-bond acceptors (Lipinski definition) is 4. The van der Waals surface area contributed by atoms with Crippen molar-refractivity contribution in [3.8, 4) is 0 Å². The third-order valence-electron chi connectivity index (χ3n) is 3.92. The first-order chi connectivity index (χ1) is 8.58. The van der Waals surface area contributed by atoms with Gasteiger partial charge in [0.1, 0.15) is 0 Å². The Labute approximate surface area is 109 Å². The minimum Gasteiger partial charge on any atom is -0.469 e. The number of ether oxygens (including phenoxy) is 3. The fraction of sp³-hybridized carbons (Fsp3) is 0.786. The lowest BCUT2D eigenvalue weighted by Gasteiger charge is -2.42. The molecule has 0 aliphatic heterocycles. The summed E-state index contributed by atoms with van der Waals surface area (Å²) in [6, 6.07) is 0. The van der Waals surface area contributed by atoms with Gasteiger partial charge in [0.2, 0.25) is 0 Å². The summed E-state index contributed by atoms with van der Waals surface area (Å²) in [6.07, 6.45) is 7.33. The van der Waals surface area contributed by atoms with Gasteiger partial charge in [-0.25, -0.2) is 0 Å². The van der Waals surface area contributed by atoms with Gasteiger partial charge in [-0.2, -0.15) is 0 Å². The molecule has 0 aromatic carbocycles. The second kappa shape index (κ2) is 6.90. The number of carbonyl (C=O) groups excluding carboxylic acids is 1. The zero-order valence-electron chi connectivity index (χ0n) is 11.8. The van der Waals surface area contributed by atoms with Crippen LogP contribution in [0.5, 0.6) is 0 Å². The van der Waals surface area contributed by atoms with Crippen LogP contribution in [0.3, 0.4) is 0 Å². The molecule has 0 unspecified atom stereocenters. The lowest BCUT2D eigenvalue weighted by atomic mass is 9.68. The molecule has 0 N–H and O–H groups in total. The van der Waals surface area contributed by atoms with Crippen molar-refractivity contribution in [2.24, 2.45) is 11.3 Å². The summed E-state index contributed by atoms with van der Waals surface area (Å²) >= 11 is 0. The fourth-order valence-electron chi connectivity index (χ4n) is 2.79. The highest BCUT2D eigenvalue weighted by atomic mass is 16.7. The molecule has 0 aromatic rings. The Morgan fingerprint density at radius 3 is 2.61 bits per heavy atom. The molecule has 0 heterocycles. The summed E-state index contributed by atoms with van der Waals surface area (Å²) in [5.41, 5.74) is -0.0910. The Balaban J connectivity index is 2.74. The Hall–Kier alpha value is -0.870. The van der Waals surface area contributed by atoms with Crippen molar-refractivity contribution in [1.82, 2.24) is 0 Å². The monoisotopic (exact) mass is 256 g/mol. The minimum absolute atomic E-state index is 0.0910. The Morgan fingerprint density at radius 1 is 1.39 bits per heavy atom. The molecule has 0 saturated carbocycles. The Morgan fingerprint density at radius 2 is 2.06 bits per heavy atom. The molecule has 2 atom stereocenters. The SMILES string of the molecule is COC(=O)CC[C@H]1C=CCC[C@@]1(C)C(OC)OC. The van der Waals surface area contributed by atoms with Crippen LogP contribution in [0.15, 0.2) is 12.2 Å². The van der Waals surface area contributed by atoms with Crippen molar-refractivity contribution in [3.05, 3.63) is 12.2 Å². The molecule has 1 aliphatic carbocycles. The van der Waals surface area contributed by atoms with E-state index in [2.05, 4.69) is 19.1 Å². The third-order valence-corrected chi connectivity index (χ3v) is 3.92. The first-order valence-corrected chi connectivity index (χ1v) is 6.37. The lowest BCUT2D eigenvalue weighted by Crippen LogP contribution is -2.42. The highest BCUT2D eigenvalue weighted by Gasteiger charge is 2.41. The van der Waals surface area contributed by atoms with Crippen LogP contribution in [0.2, 0.25) is 0 Å². The van der Waals surface area contributed by atoms with E-state index in [0.717, 1.165) is 19.3 Å². The molecule has 4 nitrogen and oxygen atoms in total. The van der Waals surface area contributed by atoms with E-state index >= 15 is 0 Å². The van der Waals surface area contributed by atoms with Gasteiger partial charge in [-0.3, -0.25) is 4.79 Å². The van der Waals surface area contributed by atoms with E-state index in [1.54, 1.807) is 14.2 Å². The maximum absolute atomic E-state index is 11.3. The number of rotatable bonds is 6. The second-order valence-corrected chi connectivity index (χ2v) is 5.00. The van der Waals surface area contributed by atoms with Crippen molar-refractivity contribution >= 4 is 5.97 Å².